The molecule has 0 heterocycles. The number of carbonyl (C=O) groups excluding carboxylic acids is 1. The van der Waals surface area contributed by atoms with Gasteiger partial charge in [0.1, 0.15) is 0 Å². The van der Waals surface area contributed by atoms with Gasteiger partial charge in [-0.2, -0.15) is 0 Å². The number of anilines is 1. The van der Waals surface area contributed by atoms with Crippen molar-refractivity contribution < 1.29 is 14.7 Å². The van der Waals surface area contributed by atoms with Crippen LogP contribution in [-0.4, -0.2) is 22.5 Å². The third-order valence-corrected chi connectivity index (χ3v) is 2.63. The van der Waals surface area contributed by atoms with Gasteiger partial charge in [-0.15, -0.1) is 0 Å². The van der Waals surface area contributed by atoms with Crippen molar-refractivity contribution in [2.45, 2.75) is 18.4 Å². The van der Waals surface area contributed by atoms with Gasteiger partial charge in [-0.05, 0) is 37.1 Å². The molecule has 0 aromatic heterocycles. The number of hydrogen-bond acceptors (Lipinski definition) is 3. The maximum Gasteiger partial charge on any atom is 0.335 e. The molecule has 2 rings (SSSR count). The average molecular weight is 220 g/mol. The molecule has 5 nitrogen and oxygen atoms in total. The summed E-state index contributed by atoms with van der Waals surface area (Å²) in [7, 11) is 0. The Kier molecular flexibility index (Phi) is 2.40. The Hall–Kier alpha value is -1.88. The highest BCUT2D eigenvalue weighted by Crippen LogP contribution is 2.33. The predicted molar refractivity (Wildman–Crippen MR) is 58.2 cm³/mol. The minimum absolute atomic E-state index is 0.187. The number of amides is 1. The van der Waals surface area contributed by atoms with Crippen molar-refractivity contribution in [1.29, 1.82) is 0 Å². The van der Waals surface area contributed by atoms with E-state index >= 15 is 0 Å². The molecule has 1 aliphatic carbocycles. The molecule has 1 saturated carbocycles. The van der Waals surface area contributed by atoms with Gasteiger partial charge in [0.05, 0.1) is 11.1 Å². The summed E-state index contributed by atoms with van der Waals surface area (Å²) in [4.78, 5) is 22.2. The highest BCUT2D eigenvalue weighted by atomic mass is 16.4. The number of carboxylic acids is 1. The van der Waals surface area contributed by atoms with Crippen LogP contribution in [0.2, 0.25) is 0 Å². The fourth-order valence-electron chi connectivity index (χ4n) is 1.31. The van der Waals surface area contributed by atoms with E-state index in [0.29, 0.717) is 18.5 Å². The first-order valence-electron chi connectivity index (χ1n) is 4.95. The lowest BCUT2D eigenvalue weighted by Crippen LogP contribution is -2.37. The number of benzene rings is 1. The molecule has 1 fully saturated rings. The molecule has 0 bridgehead atoms. The van der Waals surface area contributed by atoms with Crippen molar-refractivity contribution in [2.75, 3.05) is 5.32 Å². The summed E-state index contributed by atoms with van der Waals surface area (Å²) in [6, 6.07) is 5.97. The van der Waals surface area contributed by atoms with E-state index in [9.17, 15) is 9.59 Å². The molecule has 16 heavy (non-hydrogen) atoms. The van der Waals surface area contributed by atoms with Crippen LogP contribution in [0.5, 0.6) is 0 Å². The standard InChI is InChI=1S/C11H12N2O3/c12-11(5-6-11)10(16)13-8-3-1-7(2-4-8)9(14)15/h1-4H,5-6,12H2,(H,13,16)(H,14,15). The molecule has 0 spiro atoms. The van der Waals surface area contributed by atoms with Crippen LogP contribution in [-0.2, 0) is 4.79 Å². The van der Waals surface area contributed by atoms with E-state index in [0.717, 1.165) is 0 Å². The maximum atomic E-state index is 11.6. The lowest BCUT2D eigenvalue weighted by Gasteiger charge is -2.09. The molecule has 0 saturated heterocycles. The summed E-state index contributed by atoms with van der Waals surface area (Å²) in [5.41, 5.74) is 5.74. The van der Waals surface area contributed by atoms with Gasteiger partial charge in [-0.25, -0.2) is 4.79 Å². The van der Waals surface area contributed by atoms with Crippen LogP contribution in [0.4, 0.5) is 5.69 Å². The number of carboxylic acid groups (broad SMARTS) is 1. The molecule has 84 valence electrons. The number of hydrogen-bond donors (Lipinski definition) is 3. The second-order valence-corrected chi connectivity index (χ2v) is 3.99. The first kappa shape index (κ1) is 10.6. The number of carbonyl (C=O) groups is 2. The molecule has 0 atom stereocenters. The smallest absolute Gasteiger partial charge is 0.335 e. The van der Waals surface area contributed by atoms with Gasteiger partial charge < -0.3 is 16.2 Å². The molecule has 1 aromatic rings. The molecule has 4 N–H and O–H groups in total. The summed E-state index contributed by atoms with van der Waals surface area (Å²) >= 11 is 0. The van der Waals surface area contributed by atoms with Crippen molar-refractivity contribution >= 4 is 17.6 Å². The van der Waals surface area contributed by atoms with Crippen molar-refractivity contribution in [3.8, 4) is 0 Å². The predicted octanol–water partition coefficient (Wildman–Crippen LogP) is 0.815. The Morgan fingerprint density at radius 2 is 1.81 bits per heavy atom. The van der Waals surface area contributed by atoms with E-state index in [1.807, 2.05) is 0 Å². The summed E-state index contributed by atoms with van der Waals surface area (Å²) in [5, 5.41) is 11.3. The summed E-state index contributed by atoms with van der Waals surface area (Å²) in [5.74, 6) is -1.20. The van der Waals surface area contributed by atoms with E-state index < -0.39 is 11.5 Å². The van der Waals surface area contributed by atoms with Crippen molar-refractivity contribution in [3.05, 3.63) is 29.8 Å². The van der Waals surface area contributed by atoms with E-state index in [-0.39, 0.29) is 11.5 Å². The van der Waals surface area contributed by atoms with E-state index in [1.165, 1.54) is 12.1 Å². The SMILES string of the molecule is NC1(C(=O)Nc2ccc(C(=O)O)cc2)CC1. The summed E-state index contributed by atoms with van der Waals surface area (Å²) < 4.78 is 0. The Morgan fingerprint density at radius 1 is 1.25 bits per heavy atom. The second kappa shape index (κ2) is 3.61. The molecule has 0 unspecified atom stereocenters. The first-order chi connectivity index (χ1) is 7.51. The minimum atomic E-state index is -0.990. The molecular weight excluding hydrogens is 208 g/mol. The van der Waals surface area contributed by atoms with Gasteiger partial charge in [-0.1, -0.05) is 0 Å². The quantitative estimate of drug-likeness (QED) is 0.703. The lowest BCUT2D eigenvalue weighted by molar-refractivity contribution is -0.118. The van der Waals surface area contributed by atoms with Crippen molar-refractivity contribution in [1.82, 2.24) is 0 Å². The largest absolute Gasteiger partial charge is 0.478 e. The number of rotatable bonds is 3. The van der Waals surface area contributed by atoms with E-state index in [2.05, 4.69) is 5.32 Å². The zero-order valence-electron chi connectivity index (χ0n) is 8.56. The fraction of sp³-hybridized carbons (Fsp3) is 0.273. The van der Waals surface area contributed by atoms with Gasteiger partial charge in [-0.3, -0.25) is 4.79 Å². The monoisotopic (exact) mass is 220 g/mol. The third kappa shape index (κ3) is 2.04. The van der Waals surface area contributed by atoms with Crippen molar-refractivity contribution in [2.24, 2.45) is 5.73 Å². The van der Waals surface area contributed by atoms with Gasteiger partial charge in [0.2, 0.25) is 5.91 Å². The summed E-state index contributed by atoms with van der Waals surface area (Å²) in [6.07, 6.45) is 1.40. The lowest BCUT2D eigenvalue weighted by atomic mass is 10.2. The molecule has 0 radical (unpaired) electrons. The number of nitrogens with one attached hydrogen (secondary N) is 1. The molecule has 0 aliphatic heterocycles. The second-order valence-electron chi connectivity index (χ2n) is 3.99. The van der Waals surface area contributed by atoms with E-state index in [4.69, 9.17) is 10.8 Å². The van der Waals surface area contributed by atoms with Crippen LogP contribution >= 0.6 is 0 Å². The first-order valence-corrected chi connectivity index (χ1v) is 4.95. The third-order valence-electron chi connectivity index (χ3n) is 2.63. The van der Waals surface area contributed by atoms with Gasteiger partial charge in [0, 0.05) is 5.69 Å². The Labute approximate surface area is 92.3 Å². The normalized spacial score (nSPS) is 16.6. The summed E-state index contributed by atoms with van der Waals surface area (Å²) in [6.45, 7) is 0. The molecular formula is C11H12N2O3. The van der Waals surface area contributed by atoms with Gasteiger partial charge in [0.15, 0.2) is 0 Å². The van der Waals surface area contributed by atoms with Crippen LogP contribution < -0.4 is 11.1 Å². The zero-order chi connectivity index (χ0) is 11.8. The highest BCUT2D eigenvalue weighted by Gasteiger charge is 2.45. The van der Waals surface area contributed by atoms with Crippen LogP contribution in [0.1, 0.15) is 23.2 Å². The molecule has 1 amide bonds. The molecule has 5 heteroatoms. The Morgan fingerprint density at radius 3 is 2.25 bits per heavy atom. The molecule has 1 aromatic carbocycles. The van der Waals surface area contributed by atoms with E-state index in [1.54, 1.807) is 12.1 Å². The molecule has 1 aliphatic rings. The number of nitrogens with two attached hydrogens (primary N) is 1. The Balaban J connectivity index is 2.05. The minimum Gasteiger partial charge on any atom is -0.478 e. The van der Waals surface area contributed by atoms with Crippen LogP contribution in [0, 0.1) is 0 Å². The Bertz CT molecular complexity index is 435. The number of aromatic carboxylic acids is 1. The average Bonchev–Trinajstić information content (AvgIpc) is 2.99. The highest BCUT2D eigenvalue weighted by molar-refractivity contribution is 6.00. The maximum absolute atomic E-state index is 11.6. The zero-order valence-corrected chi connectivity index (χ0v) is 8.56. The van der Waals surface area contributed by atoms with Crippen LogP contribution in [0.15, 0.2) is 24.3 Å². The van der Waals surface area contributed by atoms with Crippen molar-refractivity contribution in [3.63, 3.8) is 0 Å². The fourth-order valence-corrected chi connectivity index (χ4v) is 1.31. The van der Waals surface area contributed by atoms with Crippen LogP contribution in [0.25, 0.3) is 0 Å². The van der Waals surface area contributed by atoms with Gasteiger partial charge in [0.25, 0.3) is 0 Å². The van der Waals surface area contributed by atoms with Gasteiger partial charge >= 0.3 is 5.97 Å². The van der Waals surface area contributed by atoms with Crippen LogP contribution in [0.3, 0.4) is 0 Å². The topological polar surface area (TPSA) is 92.4 Å².